The zero-order valence-electron chi connectivity index (χ0n) is 15.2. The van der Waals surface area contributed by atoms with Crippen LogP contribution in [0.5, 0.6) is 0 Å². The maximum atomic E-state index is 13.0. The smallest absolute Gasteiger partial charge is 0.257 e. The zero-order valence-corrected chi connectivity index (χ0v) is 15.2. The third-order valence-corrected chi connectivity index (χ3v) is 4.59. The SMILES string of the molecule is CN(C)c1ncccc1C(=O)N1CCCN(c2ccccc2C#N)CC1. The van der Waals surface area contributed by atoms with Crippen LogP contribution < -0.4 is 9.80 Å². The van der Waals surface area contributed by atoms with Crippen LogP contribution in [0.4, 0.5) is 11.5 Å². The quantitative estimate of drug-likeness (QED) is 0.851. The van der Waals surface area contributed by atoms with Gasteiger partial charge in [0.2, 0.25) is 0 Å². The van der Waals surface area contributed by atoms with Gasteiger partial charge in [-0.05, 0) is 30.7 Å². The van der Waals surface area contributed by atoms with Crippen molar-refractivity contribution in [3.05, 3.63) is 53.7 Å². The van der Waals surface area contributed by atoms with E-state index in [1.165, 1.54) is 0 Å². The van der Waals surface area contributed by atoms with E-state index in [1.54, 1.807) is 12.3 Å². The maximum Gasteiger partial charge on any atom is 0.257 e. The van der Waals surface area contributed by atoms with Gasteiger partial charge in [-0.1, -0.05) is 12.1 Å². The summed E-state index contributed by atoms with van der Waals surface area (Å²) < 4.78 is 0. The Morgan fingerprint density at radius 2 is 1.92 bits per heavy atom. The lowest BCUT2D eigenvalue weighted by molar-refractivity contribution is 0.0767. The number of hydrogen-bond donors (Lipinski definition) is 0. The van der Waals surface area contributed by atoms with Crippen molar-refractivity contribution < 1.29 is 4.79 Å². The van der Waals surface area contributed by atoms with E-state index in [0.29, 0.717) is 36.6 Å². The fourth-order valence-corrected chi connectivity index (χ4v) is 3.30. The molecule has 1 saturated heterocycles. The van der Waals surface area contributed by atoms with E-state index in [-0.39, 0.29) is 5.91 Å². The summed E-state index contributed by atoms with van der Waals surface area (Å²) in [7, 11) is 3.78. The summed E-state index contributed by atoms with van der Waals surface area (Å²) in [6.07, 6.45) is 2.57. The molecule has 6 nitrogen and oxygen atoms in total. The molecule has 1 aliphatic rings. The third-order valence-electron chi connectivity index (χ3n) is 4.59. The summed E-state index contributed by atoms with van der Waals surface area (Å²) in [5.74, 6) is 0.700. The molecule has 0 atom stereocenters. The Labute approximate surface area is 154 Å². The minimum atomic E-state index is 0.0113. The van der Waals surface area contributed by atoms with Crippen molar-refractivity contribution in [3.63, 3.8) is 0 Å². The standard InChI is InChI=1S/C20H23N5O/c1-23(2)19-17(8-5-10-22-19)20(26)25-12-6-11-24(13-14-25)18-9-4-3-7-16(18)15-21/h3-5,7-10H,6,11-14H2,1-2H3. The van der Waals surface area contributed by atoms with E-state index >= 15 is 0 Å². The number of nitriles is 1. The molecule has 1 amide bonds. The monoisotopic (exact) mass is 349 g/mol. The first-order chi connectivity index (χ1) is 12.6. The predicted octanol–water partition coefficient (Wildman–Crippen LogP) is 2.37. The first kappa shape index (κ1) is 17.7. The molecule has 1 aromatic carbocycles. The van der Waals surface area contributed by atoms with E-state index in [9.17, 15) is 10.1 Å². The maximum absolute atomic E-state index is 13.0. The highest BCUT2D eigenvalue weighted by molar-refractivity contribution is 5.98. The van der Waals surface area contributed by atoms with E-state index in [2.05, 4.69) is 16.0 Å². The van der Waals surface area contributed by atoms with Crippen molar-refractivity contribution in [3.8, 4) is 6.07 Å². The molecule has 134 valence electrons. The molecule has 1 aromatic heterocycles. The molecule has 3 rings (SSSR count). The van der Waals surface area contributed by atoms with Crippen molar-refractivity contribution in [1.29, 1.82) is 5.26 Å². The van der Waals surface area contributed by atoms with Gasteiger partial charge in [-0.2, -0.15) is 5.26 Å². The molecule has 1 aliphatic heterocycles. The number of rotatable bonds is 3. The molecule has 0 spiro atoms. The Bertz CT molecular complexity index is 827. The number of para-hydroxylation sites is 1. The van der Waals surface area contributed by atoms with Crippen LogP contribution >= 0.6 is 0 Å². The summed E-state index contributed by atoms with van der Waals surface area (Å²) in [6, 6.07) is 13.5. The van der Waals surface area contributed by atoms with E-state index in [1.807, 2.05) is 54.2 Å². The number of anilines is 2. The second kappa shape index (κ2) is 7.87. The van der Waals surface area contributed by atoms with Gasteiger partial charge >= 0.3 is 0 Å². The second-order valence-electron chi connectivity index (χ2n) is 6.53. The molecule has 0 bridgehead atoms. The van der Waals surface area contributed by atoms with Gasteiger partial charge in [-0.25, -0.2) is 4.98 Å². The Morgan fingerprint density at radius 1 is 1.12 bits per heavy atom. The van der Waals surface area contributed by atoms with Crippen LogP contribution in [-0.2, 0) is 0 Å². The van der Waals surface area contributed by atoms with Gasteiger partial charge in [0, 0.05) is 46.5 Å². The average molecular weight is 349 g/mol. The molecule has 0 aliphatic carbocycles. The second-order valence-corrected chi connectivity index (χ2v) is 6.53. The van der Waals surface area contributed by atoms with Crippen LogP contribution in [-0.4, -0.2) is 56.1 Å². The van der Waals surface area contributed by atoms with E-state index < -0.39 is 0 Å². The molecule has 1 fully saturated rings. The number of carbonyl (C=O) groups excluding carboxylic acids is 1. The number of amides is 1. The first-order valence-corrected chi connectivity index (χ1v) is 8.77. The molecule has 2 aromatic rings. The summed E-state index contributed by atoms with van der Waals surface area (Å²) in [5.41, 5.74) is 2.25. The third kappa shape index (κ3) is 3.62. The lowest BCUT2D eigenvalue weighted by Gasteiger charge is -2.25. The number of nitrogens with zero attached hydrogens (tertiary/aromatic N) is 5. The highest BCUT2D eigenvalue weighted by atomic mass is 16.2. The fraction of sp³-hybridized carbons (Fsp3) is 0.350. The normalized spacial score (nSPS) is 14.5. The summed E-state index contributed by atoms with van der Waals surface area (Å²) in [4.78, 5) is 23.3. The molecule has 2 heterocycles. The topological polar surface area (TPSA) is 63.5 Å². The van der Waals surface area contributed by atoms with E-state index in [0.717, 1.165) is 18.7 Å². The van der Waals surface area contributed by atoms with Crippen molar-refractivity contribution >= 4 is 17.4 Å². The largest absolute Gasteiger partial charge is 0.369 e. The molecule has 0 unspecified atom stereocenters. The van der Waals surface area contributed by atoms with Crippen LogP contribution in [0.2, 0.25) is 0 Å². The number of carbonyl (C=O) groups is 1. The Balaban J connectivity index is 1.77. The predicted molar refractivity (Wildman–Crippen MR) is 102 cm³/mol. The van der Waals surface area contributed by atoms with Gasteiger partial charge in [0.15, 0.2) is 0 Å². The van der Waals surface area contributed by atoms with Crippen LogP contribution in [0, 0.1) is 11.3 Å². The van der Waals surface area contributed by atoms with Gasteiger partial charge in [-0.3, -0.25) is 4.79 Å². The molecule has 0 N–H and O–H groups in total. The minimum absolute atomic E-state index is 0.0113. The molecule has 0 saturated carbocycles. The summed E-state index contributed by atoms with van der Waals surface area (Å²) in [5, 5.41) is 9.34. The number of hydrogen-bond acceptors (Lipinski definition) is 5. The van der Waals surface area contributed by atoms with Crippen molar-refractivity contribution in [2.75, 3.05) is 50.1 Å². The van der Waals surface area contributed by atoms with Crippen LogP contribution in [0.25, 0.3) is 0 Å². The molecular weight excluding hydrogens is 326 g/mol. The van der Waals surface area contributed by atoms with Crippen LogP contribution in [0.15, 0.2) is 42.6 Å². The van der Waals surface area contributed by atoms with Gasteiger partial charge in [0.1, 0.15) is 11.9 Å². The van der Waals surface area contributed by atoms with Gasteiger partial charge in [0.25, 0.3) is 5.91 Å². The molecule has 26 heavy (non-hydrogen) atoms. The van der Waals surface area contributed by atoms with Crippen molar-refractivity contribution in [1.82, 2.24) is 9.88 Å². The Hall–Kier alpha value is -3.07. The van der Waals surface area contributed by atoms with Crippen molar-refractivity contribution in [2.24, 2.45) is 0 Å². The lowest BCUT2D eigenvalue weighted by Crippen LogP contribution is -2.36. The summed E-state index contributed by atoms with van der Waals surface area (Å²) in [6.45, 7) is 2.87. The number of benzene rings is 1. The fourth-order valence-electron chi connectivity index (χ4n) is 3.30. The summed E-state index contributed by atoms with van der Waals surface area (Å²) >= 11 is 0. The van der Waals surface area contributed by atoms with Gasteiger partial charge in [-0.15, -0.1) is 0 Å². The first-order valence-electron chi connectivity index (χ1n) is 8.77. The van der Waals surface area contributed by atoms with Crippen LogP contribution in [0.3, 0.4) is 0 Å². The number of aromatic nitrogens is 1. The number of pyridine rings is 1. The molecular formula is C20H23N5O. The minimum Gasteiger partial charge on any atom is -0.369 e. The zero-order chi connectivity index (χ0) is 18.5. The van der Waals surface area contributed by atoms with Crippen molar-refractivity contribution in [2.45, 2.75) is 6.42 Å². The van der Waals surface area contributed by atoms with Gasteiger partial charge < -0.3 is 14.7 Å². The van der Waals surface area contributed by atoms with Crippen LogP contribution in [0.1, 0.15) is 22.3 Å². The van der Waals surface area contributed by atoms with Gasteiger partial charge in [0.05, 0.1) is 16.8 Å². The average Bonchev–Trinajstić information content (AvgIpc) is 2.93. The molecule has 6 heteroatoms. The highest BCUT2D eigenvalue weighted by Crippen LogP contribution is 2.22. The Morgan fingerprint density at radius 3 is 2.69 bits per heavy atom. The lowest BCUT2D eigenvalue weighted by atomic mass is 10.1. The van der Waals surface area contributed by atoms with E-state index in [4.69, 9.17) is 0 Å². The Kier molecular flexibility index (Phi) is 5.37. The molecule has 0 radical (unpaired) electrons. The highest BCUT2D eigenvalue weighted by Gasteiger charge is 2.24.